The molecule has 10 nitrogen and oxygen atoms in total. The van der Waals surface area contributed by atoms with E-state index in [0.717, 1.165) is 31.6 Å². The predicted octanol–water partition coefficient (Wildman–Crippen LogP) is 5.03. The molecule has 0 aliphatic carbocycles. The molecule has 0 unspecified atom stereocenters. The fourth-order valence-corrected chi connectivity index (χ4v) is 4.00. The lowest BCUT2D eigenvalue weighted by molar-refractivity contribution is -0.119. The number of imidazole rings is 1. The van der Waals surface area contributed by atoms with Crippen molar-refractivity contribution in [2.45, 2.75) is 39.7 Å². The molecule has 1 amide bonds. The summed E-state index contributed by atoms with van der Waals surface area (Å²) in [6.45, 7) is 18.6. The Balaban J connectivity index is 0.00000195. The number of fused-ring (bicyclic) bond motifs is 1. The zero-order valence-corrected chi connectivity index (χ0v) is 22.2. The fraction of sp³-hybridized carbons (Fsp3) is 0.321. The van der Waals surface area contributed by atoms with Crippen LogP contribution in [-0.4, -0.2) is 55.8 Å². The number of nitrogens with zero attached hydrogens (tertiary/aromatic N) is 5. The lowest BCUT2D eigenvalue weighted by atomic mass is 10.0. The van der Waals surface area contributed by atoms with Gasteiger partial charge in [0.1, 0.15) is 12.4 Å². The Kier molecular flexibility index (Phi) is 9.75. The molecule has 1 fully saturated rings. The van der Waals surface area contributed by atoms with Crippen molar-refractivity contribution in [1.82, 2.24) is 24.4 Å². The minimum absolute atomic E-state index is 0.0174. The molecular weight excluding hydrogens is 482 g/mol. The highest BCUT2D eigenvalue weighted by atomic mass is 16.5. The molecule has 3 aromatic rings. The number of ketones is 1. The van der Waals surface area contributed by atoms with Crippen LogP contribution in [-0.2, 0) is 9.59 Å². The number of aromatic nitrogens is 4. The second-order valence-electron chi connectivity index (χ2n) is 8.47. The van der Waals surface area contributed by atoms with Crippen molar-refractivity contribution in [2.75, 3.05) is 30.3 Å². The van der Waals surface area contributed by atoms with Crippen molar-refractivity contribution in [2.24, 2.45) is 0 Å². The number of Topliss-reactive ketones (excluding diaryl/α,β-unsaturated/α-hetero) is 1. The number of benzene rings is 1. The number of likely N-dealkylation sites (tertiary alicyclic amines) is 1. The maximum Gasteiger partial charge on any atom is 0.248 e. The van der Waals surface area contributed by atoms with Gasteiger partial charge in [-0.1, -0.05) is 33.6 Å². The molecule has 2 aromatic heterocycles. The van der Waals surface area contributed by atoms with E-state index >= 15 is 0 Å². The minimum Gasteiger partial charge on any atom is -0.486 e. The fourth-order valence-electron chi connectivity index (χ4n) is 4.00. The van der Waals surface area contributed by atoms with Gasteiger partial charge in [-0.2, -0.15) is 9.97 Å². The third-order valence-corrected chi connectivity index (χ3v) is 5.90. The van der Waals surface area contributed by atoms with Crippen LogP contribution in [0.1, 0.15) is 39.7 Å². The van der Waals surface area contributed by atoms with Gasteiger partial charge in [-0.15, -0.1) is 0 Å². The summed E-state index contributed by atoms with van der Waals surface area (Å²) in [5, 5.41) is 5.91. The second kappa shape index (κ2) is 13.2. The quantitative estimate of drug-likeness (QED) is 0.284. The van der Waals surface area contributed by atoms with Crippen molar-refractivity contribution in [1.29, 1.82) is 0 Å². The monoisotopic (exact) mass is 517 g/mol. The van der Waals surface area contributed by atoms with Crippen LogP contribution in [0.2, 0.25) is 0 Å². The molecule has 2 N–H and O–H groups in total. The summed E-state index contributed by atoms with van der Waals surface area (Å²) in [5.74, 6) is 0.734. The molecule has 4 rings (SSSR count). The Morgan fingerprint density at radius 2 is 1.79 bits per heavy atom. The van der Waals surface area contributed by atoms with Crippen LogP contribution in [0.5, 0.6) is 5.75 Å². The summed E-state index contributed by atoms with van der Waals surface area (Å²) in [6, 6.07) is 7.28. The van der Waals surface area contributed by atoms with Crippen LogP contribution in [0, 0.1) is 0 Å². The first kappa shape index (κ1) is 28.1. The molecule has 38 heavy (non-hydrogen) atoms. The SMILES string of the molecule is C=CC(=C)N1CCC(n2cnc3c(NC(=O)C=C)nc(Nc4ccc(OCC(C)=O)cc4)nc32)CC1.CC. The molecule has 1 aliphatic rings. The van der Waals surface area contributed by atoms with Gasteiger partial charge < -0.3 is 24.8 Å². The Morgan fingerprint density at radius 1 is 1.11 bits per heavy atom. The van der Waals surface area contributed by atoms with Crippen molar-refractivity contribution in [3.05, 3.63) is 68.2 Å². The van der Waals surface area contributed by atoms with E-state index in [-0.39, 0.29) is 18.4 Å². The number of nitrogens with one attached hydrogen (secondary N) is 2. The van der Waals surface area contributed by atoms with E-state index in [9.17, 15) is 9.59 Å². The molecular formula is C28H35N7O3. The number of ether oxygens (including phenoxy) is 1. The highest BCUT2D eigenvalue weighted by Crippen LogP contribution is 2.30. The molecule has 0 bridgehead atoms. The van der Waals surface area contributed by atoms with Crippen LogP contribution < -0.4 is 15.4 Å². The van der Waals surface area contributed by atoms with Gasteiger partial charge in [-0.3, -0.25) is 9.59 Å². The lowest BCUT2D eigenvalue weighted by Crippen LogP contribution is -2.33. The average molecular weight is 518 g/mol. The average Bonchev–Trinajstić information content (AvgIpc) is 3.37. The zero-order valence-electron chi connectivity index (χ0n) is 22.2. The van der Waals surface area contributed by atoms with Gasteiger partial charge in [0.2, 0.25) is 11.9 Å². The molecule has 3 heterocycles. The number of carbonyl (C=O) groups excluding carboxylic acids is 2. The van der Waals surface area contributed by atoms with Crippen LogP contribution in [0.15, 0.2) is 68.2 Å². The van der Waals surface area contributed by atoms with Crippen molar-refractivity contribution in [3.8, 4) is 5.75 Å². The number of piperidine rings is 1. The Morgan fingerprint density at radius 3 is 2.39 bits per heavy atom. The first-order valence-electron chi connectivity index (χ1n) is 12.6. The van der Waals surface area contributed by atoms with Gasteiger partial charge in [0.05, 0.1) is 6.33 Å². The second-order valence-corrected chi connectivity index (χ2v) is 8.47. The molecule has 0 atom stereocenters. The van der Waals surface area contributed by atoms with Crippen molar-refractivity contribution in [3.63, 3.8) is 0 Å². The van der Waals surface area contributed by atoms with Gasteiger partial charge >= 0.3 is 0 Å². The van der Waals surface area contributed by atoms with E-state index in [1.165, 1.54) is 13.0 Å². The first-order valence-corrected chi connectivity index (χ1v) is 12.6. The summed E-state index contributed by atoms with van der Waals surface area (Å²) >= 11 is 0. The van der Waals surface area contributed by atoms with Crippen molar-refractivity contribution >= 4 is 40.3 Å². The lowest BCUT2D eigenvalue weighted by Gasteiger charge is -2.34. The maximum atomic E-state index is 12.1. The molecule has 0 radical (unpaired) electrons. The Hall–Kier alpha value is -4.47. The molecule has 1 aromatic carbocycles. The van der Waals surface area contributed by atoms with Gasteiger partial charge in [0.15, 0.2) is 22.8 Å². The number of hydrogen-bond donors (Lipinski definition) is 2. The highest BCUT2D eigenvalue weighted by Gasteiger charge is 2.24. The van der Waals surface area contributed by atoms with Gasteiger partial charge in [-0.05, 0) is 56.2 Å². The molecule has 0 saturated carbocycles. The first-order chi connectivity index (χ1) is 18.4. The van der Waals surface area contributed by atoms with E-state index in [4.69, 9.17) is 9.72 Å². The minimum atomic E-state index is -0.390. The third-order valence-electron chi connectivity index (χ3n) is 5.90. The Bertz CT molecular complexity index is 1310. The molecule has 200 valence electrons. The largest absolute Gasteiger partial charge is 0.486 e. The van der Waals surface area contributed by atoms with Crippen LogP contribution in [0.25, 0.3) is 11.2 Å². The van der Waals surface area contributed by atoms with E-state index in [2.05, 4.69) is 45.2 Å². The summed E-state index contributed by atoms with van der Waals surface area (Å²) in [5.41, 5.74) is 2.76. The standard InChI is InChI=1S/C26H29N7O3.C2H6/c1-5-17(3)32-13-11-20(12-14-32)33-16-27-23-24(29-22(35)6-2)30-26(31-25(23)33)28-19-7-9-21(10-8-19)36-15-18(4)34;1-2/h5-10,16,20H,1-3,11-15H2,4H3,(H2,28,29,30,31,35);1-2H3. The summed E-state index contributed by atoms with van der Waals surface area (Å²) in [6.07, 6.45) is 6.48. The molecule has 10 heteroatoms. The van der Waals surface area contributed by atoms with E-state index < -0.39 is 5.91 Å². The predicted molar refractivity (Wildman–Crippen MR) is 151 cm³/mol. The van der Waals surface area contributed by atoms with Crippen LogP contribution in [0.4, 0.5) is 17.5 Å². The maximum absolute atomic E-state index is 12.1. The molecule has 1 saturated heterocycles. The normalized spacial score (nSPS) is 13.2. The van der Waals surface area contributed by atoms with Crippen LogP contribution >= 0.6 is 0 Å². The van der Waals surface area contributed by atoms with Crippen molar-refractivity contribution < 1.29 is 14.3 Å². The van der Waals surface area contributed by atoms with E-state index in [0.29, 0.717) is 34.4 Å². The van der Waals surface area contributed by atoms with E-state index in [1.807, 2.05) is 18.4 Å². The summed E-state index contributed by atoms with van der Waals surface area (Å²) in [4.78, 5) is 39.2. The van der Waals surface area contributed by atoms with Gasteiger partial charge in [0, 0.05) is 30.5 Å². The summed E-state index contributed by atoms with van der Waals surface area (Å²) < 4.78 is 7.46. The number of carbonyl (C=O) groups is 2. The Labute approximate surface area is 223 Å². The topological polar surface area (TPSA) is 114 Å². The third kappa shape index (κ3) is 6.84. The molecule has 0 spiro atoms. The van der Waals surface area contributed by atoms with E-state index in [1.54, 1.807) is 36.7 Å². The zero-order chi connectivity index (χ0) is 27.7. The van der Waals surface area contributed by atoms with Crippen LogP contribution in [0.3, 0.4) is 0 Å². The highest BCUT2D eigenvalue weighted by molar-refractivity contribution is 6.02. The van der Waals surface area contributed by atoms with Gasteiger partial charge in [0.25, 0.3) is 0 Å². The number of rotatable bonds is 10. The number of amides is 1. The van der Waals surface area contributed by atoms with Gasteiger partial charge in [-0.25, -0.2) is 4.98 Å². The number of anilines is 3. The molecule has 1 aliphatic heterocycles. The summed E-state index contributed by atoms with van der Waals surface area (Å²) in [7, 11) is 0. The number of hydrogen-bond acceptors (Lipinski definition) is 8. The number of allylic oxidation sites excluding steroid dienone is 1. The smallest absolute Gasteiger partial charge is 0.248 e.